The quantitative estimate of drug-likeness (QED) is 0.749. The van der Waals surface area contributed by atoms with Gasteiger partial charge in [0.05, 0.1) is 5.69 Å². The molecule has 16 heavy (non-hydrogen) atoms. The van der Waals surface area contributed by atoms with Gasteiger partial charge < -0.3 is 15.4 Å². The molecule has 3 N–H and O–H groups in total. The Hall–Kier alpha value is -2.31. The first-order valence-corrected chi connectivity index (χ1v) is 4.56. The number of carboxylic acids is 1. The van der Waals surface area contributed by atoms with E-state index in [-0.39, 0.29) is 11.6 Å². The number of rotatable bonds is 2. The Morgan fingerprint density at radius 1 is 1.50 bits per heavy atom. The standard InChI is InChI=1S/C9H11N5O2/c1-13-7(5-3-4-11-14(5)2)6(8(15)16)12-9(13)10/h3-4H,1-2H3,(H2,10,12)(H,15,16). The number of carboxylic acid groups (broad SMARTS) is 1. The molecule has 0 spiro atoms. The van der Waals surface area contributed by atoms with Gasteiger partial charge >= 0.3 is 5.97 Å². The van der Waals surface area contributed by atoms with Gasteiger partial charge in [-0.3, -0.25) is 4.68 Å². The Morgan fingerprint density at radius 3 is 2.69 bits per heavy atom. The number of nitrogens with zero attached hydrogens (tertiary/aromatic N) is 4. The number of carbonyl (C=O) groups is 1. The van der Waals surface area contributed by atoms with Crippen molar-refractivity contribution < 1.29 is 9.90 Å². The van der Waals surface area contributed by atoms with E-state index in [1.807, 2.05) is 0 Å². The van der Waals surface area contributed by atoms with Crippen molar-refractivity contribution in [2.75, 3.05) is 5.73 Å². The third kappa shape index (κ3) is 1.33. The molecule has 0 radical (unpaired) electrons. The van der Waals surface area contributed by atoms with Gasteiger partial charge in [-0.1, -0.05) is 0 Å². The normalized spacial score (nSPS) is 10.6. The van der Waals surface area contributed by atoms with E-state index in [4.69, 9.17) is 10.8 Å². The molecule has 0 aliphatic rings. The molecule has 0 aliphatic carbocycles. The fraction of sp³-hybridized carbons (Fsp3) is 0.222. The number of imidazole rings is 1. The summed E-state index contributed by atoms with van der Waals surface area (Å²) in [5, 5.41) is 13.0. The van der Waals surface area contributed by atoms with Gasteiger partial charge in [-0.15, -0.1) is 0 Å². The first-order chi connectivity index (χ1) is 7.52. The molecule has 2 rings (SSSR count). The molecule has 0 bridgehead atoms. The summed E-state index contributed by atoms with van der Waals surface area (Å²) in [7, 11) is 3.39. The van der Waals surface area contributed by atoms with Crippen LogP contribution in [0, 0.1) is 0 Å². The molecule has 0 aliphatic heterocycles. The summed E-state index contributed by atoms with van der Waals surface area (Å²) in [4.78, 5) is 14.8. The maximum Gasteiger partial charge on any atom is 0.356 e. The van der Waals surface area contributed by atoms with Crippen LogP contribution in [0.15, 0.2) is 12.3 Å². The molecule has 2 aromatic heterocycles. The van der Waals surface area contributed by atoms with Crippen LogP contribution >= 0.6 is 0 Å². The lowest BCUT2D eigenvalue weighted by atomic mass is 10.2. The van der Waals surface area contributed by atoms with Crippen molar-refractivity contribution in [2.45, 2.75) is 0 Å². The van der Waals surface area contributed by atoms with Gasteiger partial charge in [-0.05, 0) is 6.07 Å². The number of aromatic nitrogens is 4. The largest absolute Gasteiger partial charge is 0.476 e. The highest BCUT2D eigenvalue weighted by molar-refractivity contribution is 5.93. The molecule has 0 amide bonds. The minimum Gasteiger partial charge on any atom is -0.476 e. The number of nitrogen functional groups attached to an aromatic ring is 1. The summed E-state index contributed by atoms with van der Waals surface area (Å²) in [6.07, 6.45) is 1.59. The summed E-state index contributed by atoms with van der Waals surface area (Å²) in [6.45, 7) is 0. The van der Waals surface area contributed by atoms with E-state index in [1.54, 1.807) is 31.0 Å². The van der Waals surface area contributed by atoms with E-state index in [1.165, 1.54) is 4.57 Å². The summed E-state index contributed by atoms with van der Waals surface area (Å²) in [6, 6.07) is 1.71. The lowest BCUT2D eigenvalue weighted by Crippen LogP contribution is -2.05. The average molecular weight is 221 g/mol. The fourth-order valence-corrected chi connectivity index (χ4v) is 1.56. The molecule has 0 unspecified atom stereocenters. The van der Waals surface area contributed by atoms with Crippen molar-refractivity contribution >= 4 is 11.9 Å². The van der Waals surface area contributed by atoms with Crippen molar-refractivity contribution in [3.63, 3.8) is 0 Å². The molecule has 2 aromatic rings. The maximum absolute atomic E-state index is 11.0. The first kappa shape index (κ1) is 10.2. The van der Waals surface area contributed by atoms with E-state index in [9.17, 15) is 4.79 Å². The Morgan fingerprint density at radius 2 is 2.19 bits per heavy atom. The van der Waals surface area contributed by atoms with E-state index in [0.29, 0.717) is 11.4 Å². The second-order valence-corrected chi connectivity index (χ2v) is 3.37. The van der Waals surface area contributed by atoms with Crippen LogP contribution in [0.3, 0.4) is 0 Å². The molecule has 2 heterocycles. The van der Waals surface area contributed by atoms with Crippen LogP contribution in [0.25, 0.3) is 11.4 Å². The van der Waals surface area contributed by atoms with Crippen LogP contribution in [0.5, 0.6) is 0 Å². The predicted molar refractivity (Wildman–Crippen MR) is 56.8 cm³/mol. The Kier molecular flexibility index (Phi) is 2.15. The zero-order chi connectivity index (χ0) is 11.9. The summed E-state index contributed by atoms with van der Waals surface area (Å²) in [5.41, 5.74) is 6.63. The molecular formula is C9H11N5O2. The van der Waals surface area contributed by atoms with Gasteiger partial charge in [0.15, 0.2) is 5.69 Å². The monoisotopic (exact) mass is 221 g/mol. The Bertz CT molecular complexity index is 554. The minimum atomic E-state index is -1.11. The van der Waals surface area contributed by atoms with Gasteiger partial charge in [0.25, 0.3) is 0 Å². The maximum atomic E-state index is 11.0. The van der Waals surface area contributed by atoms with Crippen LogP contribution in [-0.4, -0.2) is 30.4 Å². The average Bonchev–Trinajstić information content (AvgIpc) is 2.73. The third-order valence-corrected chi connectivity index (χ3v) is 2.40. The number of anilines is 1. The van der Waals surface area contributed by atoms with Gasteiger partial charge in [-0.2, -0.15) is 5.10 Å². The molecule has 84 valence electrons. The fourth-order valence-electron chi connectivity index (χ4n) is 1.56. The van der Waals surface area contributed by atoms with Crippen molar-refractivity contribution in [1.29, 1.82) is 0 Å². The first-order valence-electron chi connectivity index (χ1n) is 4.56. The third-order valence-electron chi connectivity index (χ3n) is 2.40. The summed E-state index contributed by atoms with van der Waals surface area (Å²) >= 11 is 0. The lowest BCUT2D eigenvalue weighted by Gasteiger charge is -2.04. The van der Waals surface area contributed by atoms with Gasteiger partial charge in [-0.25, -0.2) is 9.78 Å². The van der Waals surface area contributed by atoms with Crippen molar-refractivity contribution in [1.82, 2.24) is 19.3 Å². The molecule has 0 aromatic carbocycles. The number of aryl methyl sites for hydroxylation is 1. The second-order valence-electron chi connectivity index (χ2n) is 3.37. The van der Waals surface area contributed by atoms with Crippen LogP contribution in [0.2, 0.25) is 0 Å². The number of hydrogen-bond donors (Lipinski definition) is 2. The minimum absolute atomic E-state index is 0.0661. The number of hydrogen-bond acceptors (Lipinski definition) is 4. The van der Waals surface area contributed by atoms with E-state index in [2.05, 4.69) is 10.1 Å². The highest BCUT2D eigenvalue weighted by Crippen LogP contribution is 2.24. The van der Waals surface area contributed by atoms with E-state index >= 15 is 0 Å². The van der Waals surface area contributed by atoms with Crippen LogP contribution in [0.1, 0.15) is 10.5 Å². The second kappa shape index (κ2) is 3.37. The van der Waals surface area contributed by atoms with Crippen LogP contribution in [0.4, 0.5) is 5.95 Å². The highest BCUT2D eigenvalue weighted by Gasteiger charge is 2.22. The molecule has 7 nitrogen and oxygen atoms in total. The topological polar surface area (TPSA) is 99.0 Å². The molecular weight excluding hydrogens is 210 g/mol. The van der Waals surface area contributed by atoms with Gasteiger partial charge in [0.2, 0.25) is 5.95 Å². The van der Waals surface area contributed by atoms with Crippen LogP contribution < -0.4 is 5.73 Å². The lowest BCUT2D eigenvalue weighted by molar-refractivity contribution is 0.0692. The van der Waals surface area contributed by atoms with E-state index in [0.717, 1.165) is 0 Å². The summed E-state index contributed by atoms with van der Waals surface area (Å²) < 4.78 is 3.10. The van der Waals surface area contributed by atoms with Crippen molar-refractivity contribution in [2.24, 2.45) is 14.1 Å². The van der Waals surface area contributed by atoms with Crippen molar-refractivity contribution in [3.05, 3.63) is 18.0 Å². The Labute approximate surface area is 91.1 Å². The zero-order valence-corrected chi connectivity index (χ0v) is 8.88. The van der Waals surface area contributed by atoms with Gasteiger partial charge in [0, 0.05) is 20.3 Å². The Balaban J connectivity index is 2.73. The molecule has 7 heteroatoms. The van der Waals surface area contributed by atoms with E-state index < -0.39 is 5.97 Å². The molecule has 0 saturated heterocycles. The molecule has 0 saturated carbocycles. The van der Waals surface area contributed by atoms with Crippen molar-refractivity contribution in [3.8, 4) is 11.4 Å². The zero-order valence-electron chi connectivity index (χ0n) is 8.88. The number of nitrogens with two attached hydrogens (primary N) is 1. The highest BCUT2D eigenvalue weighted by atomic mass is 16.4. The molecule has 0 fully saturated rings. The molecule has 0 atom stereocenters. The van der Waals surface area contributed by atoms with Crippen LogP contribution in [-0.2, 0) is 14.1 Å². The predicted octanol–water partition coefficient (Wildman–Crippen LogP) is 0.101. The SMILES string of the molecule is Cn1nccc1-c1c(C(=O)O)nc(N)n1C. The van der Waals surface area contributed by atoms with Gasteiger partial charge in [0.1, 0.15) is 5.69 Å². The summed E-state index contributed by atoms with van der Waals surface area (Å²) in [5.74, 6) is -0.947. The number of aromatic carboxylic acids is 1. The smallest absolute Gasteiger partial charge is 0.356 e.